The van der Waals surface area contributed by atoms with Crippen molar-refractivity contribution in [3.05, 3.63) is 35.9 Å². The lowest BCUT2D eigenvalue weighted by Crippen LogP contribution is -2.50. The summed E-state index contributed by atoms with van der Waals surface area (Å²) in [5.41, 5.74) is 0.578. The highest BCUT2D eigenvalue weighted by Gasteiger charge is 2.40. The third-order valence-corrected chi connectivity index (χ3v) is 4.40. The van der Waals surface area contributed by atoms with E-state index < -0.39 is 17.6 Å². The molecule has 0 bridgehead atoms. The highest BCUT2D eigenvalue weighted by Crippen LogP contribution is 2.20. The van der Waals surface area contributed by atoms with Crippen LogP contribution in [0.5, 0.6) is 0 Å². The van der Waals surface area contributed by atoms with Gasteiger partial charge in [-0.3, -0.25) is 14.5 Å². The fourth-order valence-electron chi connectivity index (χ4n) is 3.04. The maximum Gasteiger partial charge on any atom is 0.325 e. The van der Waals surface area contributed by atoms with Crippen molar-refractivity contribution in [3.63, 3.8) is 0 Å². The van der Waals surface area contributed by atoms with Crippen LogP contribution in [0, 0.1) is 5.92 Å². The zero-order valence-electron chi connectivity index (χ0n) is 16.3. The Balaban J connectivity index is 2.12. The Labute approximate surface area is 155 Å². The molecule has 6 heteroatoms. The molecule has 6 nitrogen and oxygen atoms in total. The van der Waals surface area contributed by atoms with Crippen LogP contribution in [0.25, 0.3) is 0 Å². The molecule has 1 fully saturated rings. The van der Waals surface area contributed by atoms with Gasteiger partial charge in [0.05, 0.1) is 0 Å². The van der Waals surface area contributed by atoms with E-state index in [-0.39, 0.29) is 24.3 Å². The van der Waals surface area contributed by atoms with Gasteiger partial charge in [0.1, 0.15) is 12.6 Å². The van der Waals surface area contributed by atoms with Crippen molar-refractivity contribution >= 4 is 17.8 Å². The lowest BCUT2D eigenvalue weighted by atomic mass is 10.0. The van der Waals surface area contributed by atoms with Gasteiger partial charge in [-0.05, 0) is 38.7 Å². The summed E-state index contributed by atoms with van der Waals surface area (Å²) in [6.45, 7) is 10.0. The molecule has 1 heterocycles. The second kappa shape index (κ2) is 7.89. The van der Waals surface area contributed by atoms with Crippen LogP contribution in [-0.4, -0.2) is 45.8 Å². The number of carbonyl (C=O) groups is 3. The van der Waals surface area contributed by atoms with Gasteiger partial charge in [-0.2, -0.15) is 0 Å². The molecule has 2 rings (SSSR count). The van der Waals surface area contributed by atoms with E-state index >= 15 is 0 Å². The van der Waals surface area contributed by atoms with Gasteiger partial charge in [-0.15, -0.1) is 0 Å². The lowest BCUT2D eigenvalue weighted by Gasteiger charge is -2.36. The first kappa shape index (κ1) is 19.9. The van der Waals surface area contributed by atoms with Gasteiger partial charge in [-0.25, -0.2) is 4.79 Å². The minimum absolute atomic E-state index is 0.233. The predicted octanol–water partition coefficient (Wildman–Crippen LogP) is 2.78. The van der Waals surface area contributed by atoms with Crippen molar-refractivity contribution in [3.8, 4) is 0 Å². The molecule has 1 atom stereocenters. The van der Waals surface area contributed by atoms with Gasteiger partial charge in [0.2, 0.25) is 5.91 Å². The van der Waals surface area contributed by atoms with Crippen LogP contribution in [0.3, 0.4) is 0 Å². The Morgan fingerprint density at radius 3 is 2.35 bits per heavy atom. The molecule has 0 aromatic heterocycles. The van der Waals surface area contributed by atoms with Crippen LogP contribution in [-0.2, 0) is 16.1 Å². The Hall–Kier alpha value is -2.37. The summed E-state index contributed by atoms with van der Waals surface area (Å²) in [6.07, 6.45) is 0.572. The molecule has 142 valence electrons. The maximum absolute atomic E-state index is 12.9. The van der Waals surface area contributed by atoms with Gasteiger partial charge in [0.15, 0.2) is 0 Å². The Morgan fingerprint density at radius 1 is 1.19 bits per heavy atom. The molecule has 1 aromatic rings. The number of urea groups is 1. The third kappa shape index (κ3) is 4.84. The molecule has 1 aliphatic rings. The molecule has 26 heavy (non-hydrogen) atoms. The first-order chi connectivity index (χ1) is 12.1. The zero-order chi connectivity index (χ0) is 19.5. The van der Waals surface area contributed by atoms with Gasteiger partial charge < -0.3 is 10.2 Å². The summed E-state index contributed by atoms with van der Waals surface area (Å²) in [5, 5.41) is 2.68. The van der Waals surface area contributed by atoms with Gasteiger partial charge >= 0.3 is 6.03 Å². The summed E-state index contributed by atoms with van der Waals surface area (Å²) in [5.74, 6) is -0.273. The van der Waals surface area contributed by atoms with Crippen molar-refractivity contribution < 1.29 is 14.4 Å². The third-order valence-electron chi connectivity index (χ3n) is 4.40. The Morgan fingerprint density at radius 2 is 1.81 bits per heavy atom. The van der Waals surface area contributed by atoms with Crippen LogP contribution in [0.4, 0.5) is 4.79 Å². The van der Waals surface area contributed by atoms with E-state index in [4.69, 9.17) is 0 Å². The molecule has 4 amide bonds. The highest BCUT2D eigenvalue weighted by atomic mass is 16.2. The second-order valence-electron chi connectivity index (χ2n) is 8.19. The second-order valence-corrected chi connectivity index (χ2v) is 8.19. The maximum atomic E-state index is 12.9. The lowest BCUT2D eigenvalue weighted by molar-refractivity contribution is -0.141. The molecule has 0 radical (unpaired) electrons. The van der Waals surface area contributed by atoms with Crippen LogP contribution < -0.4 is 5.32 Å². The van der Waals surface area contributed by atoms with Crippen LogP contribution >= 0.6 is 0 Å². The summed E-state index contributed by atoms with van der Waals surface area (Å²) in [7, 11) is 0. The monoisotopic (exact) mass is 359 g/mol. The number of imide groups is 1. The molecular formula is C20H29N3O3. The molecule has 0 spiro atoms. The van der Waals surface area contributed by atoms with E-state index in [1.54, 1.807) is 4.90 Å². The minimum Gasteiger partial charge on any atom is -0.332 e. The van der Waals surface area contributed by atoms with Crippen molar-refractivity contribution in [1.82, 2.24) is 15.1 Å². The SMILES string of the molecule is CC(C)C[C@@H]1NC(=O)N(CC(=O)N(Cc2ccccc2)C(C)(C)C)C1=O. The minimum atomic E-state index is -0.535. The molecule has 1 aliphatic heterocycles. The van der Waals surface area contributed by atoms with Gasteiger partial charge in [0.25, 0.3) is 5.91 Å². The molecule has 1 aromatic carbocycles. The quantitative estimate of drug-likeness (QED) is 0.794. The average molecular weight is 359 g/mol. The van der Waals surface area contributed by atoms with Crippen LogP contribution in [0.15, 0.2) is 30.3 Å². The zero-order valence-corrected chi connectivity index (χ0v) is 16.3. The summed E-state index contributed by atoms with van der Waals surface area (Å²) in [4.78, 5) is 40.3. The van der Waals surface area contributed by atoms with Crippen molar-refractivity contribution in [2.45, 2.75) is 59.2 Å². The van der Waals surface area contributed by atoms with E-state index in [2.05, 4.69) is 5.32 Å². The van der Waals surface area contributed by atoms with Crippen LogP contribution in [0.2, 0.25) is 0 Å². The first-order valence-electron chi connectivity index (χ1n) is 9.06. The summed E-state index contributed by atoms with van der Waals surface area (Å²) >= 11 is 0. The molecule has 0 unspecified atom stereocenters. The number of nitrogens with one attached hydrogen (secondary N) is 1. The highest BCUT2D eigenvalue weighted by molar-refractivity contribution is 6.06. The number of hydrogen-bond acceptors (Lipinski definition) is 3. The van der Waals surface area contributed by atoms with E-state index in [9.17, 15) is 14.4 Å². The molecular weight excluding hydrogens is 330 g/mol. The average Bonchev–Trinajstić information content (AvgIpc) is 2.79. The van der Waals surface area contributed by atoms with E-state index in [1.807, 2.05) is 65.0 Å². The number of carbonyl (C=O) groups excluding carboxylic acids is 3. The number of hydrogen-bond donors (Lipinski definition) is 1. The molecule has 1 saturated heterocycles. The normalized spacial score (nSPS) is 17.6. The van der Waals surface area contributed by atoms with E-state index in [1.165, 1.54) is 0 Å². The van der Waals surface area contributed by atoms with Crippen molar-refractivity contribution in [2.24, 2.45) is 5.92 Å². The standard InChI is InChI=1S/C20H29N3O3/c1-14(2)11-16-18(25)22(19(26)21-16)13-17(24)23(20(3,4)5)12-15-9-7-6-8-10-15/h6-10,14,16H,11-13H2,1-5H3,(H,21,26)/t16-/m0/s1. The van der Waals surface area contributed by atoms with Crippen LogP contribution in [0.1, 0.15) is 46.6 Å². The Bertz CT molecular complexity index is 665. The smallest absolute Gasteiger partial charge is 0.325 e. The number of rotatable bonds is 6. The number of benzene rings is 1. The predicted molar refractivity (Wildman–Crippen MR) is 100 cm³/mol. The fraction of sp³-hybridized carbons (Fsp3) is 0.550. The summed E-state index contributed by atoms with van der Waals surface area (Å²) < 4.78 is 0. The number of nitrogens with zero attached hydrogens (tertiary/aromatic N) is 2. The number of amides is 4. The summed E-state index contributed by atoms with van der Waals surface area (Å²) in [6, 6.07) is 8.67. The van der Waals surface area contributed by atoms with Gasteiger partial charge in [-0.1, -0.05) is 44.2 Å². The van der Waals surface area contributed by atoms with E-state index in [0.29, 0.717) is 13.0 Å². The Kier molecular flexibility index (Phi) is 6.05. The van der Waals surface area contributed by atoms with Crippen molar-refractivity contribution in [2.75, 3.05) is 6.54 Å². The fourth-order valence-corrected chi connectivity index (χ4v) is 3.04. The van der Waals surface area contributed by atoms with E-state index in [0.717, 1.165) is 10.5 Å². The van der Waals surface area contributed by atoms with Crippen molar-refractivity contribution in [1.29, 1.82) is 0 Å². The topological polar surface area (TPSA) is 69.7 Å². The molecule has 0 aliphatic carbocycles. The molecule has 0 saturated carbocycles. The van der Waals surface area contributed by atoms with Gasteiger partial charge in [0, 0.05) is 12.1 Å². The largest absolute Gasteiger partial charge is 0.332 e. The first-order valence-corrected chi connectivity index (χ1v) is 9.06. The molecule has 1 N–H and O–H groups in total.